The van der Waals surface area contributed by atoms with Gasteiger partial charge in [-0.2, -0.15) is 0 Å². The summed E-state index contributed by atoms with van der Waals surface area (Å²) in [7, 11) is 1.94. The smallest absolute Gasteiger partial charge is 0.0829 e. The van der Waals surface area contributed by atoms with E-state index in [1.54, 1.807) is 4.68 Å². The van der Waals surface area contributed by atoms with Crippen LogP contribution >= 0.6 is 0 Å². The summed E-state index contributed by atoms with van der Waals surface area (Å²) in [6.45, 7) is 3.39. The molecule has 0 radical (unpaired) electrons. The van der Waals surface area contributed by atoms with E-state index in [0.717, 1.165) is 24.6 Å². The Morgan fingerprint density at radius 2 is 2.22 bits per heavy atom. The van der Waals surface area contributed by atoms with Gasteiger partial charge in [0.25, 0.3) is 0 Å². The largest absolute Gasteiger partial charge is 0.314 e. The fourth-order valence-corrected chi connectivity index (χ4v) is 2.97. The molecule has 0 aliphatic heterocycles. The number of aryl methyl sites for hydroxylation is 1. The molecule has 1 aliphatic rings. The summed E-state index contributed by atoms with van der Waals surface area (Å²) < 4.78 is 1.80. The molecular formula is C14H26N4. The summed E-state index contributed by atoms with van der Waals surface area (Å²) in [5, 5.41) is 11.9. The van der Waals surface area contributed by atoms with Crippen molar-refractivity contribution in [3.63, 3.8) is 0 Å². The zero-order valence-electron chi connectivity index (χ0n) is 11.7. The Kier molecular flexibility index (Phi) is 5.17. The van der Waals surface area contributed by atoms with E-state index in [1.807, 2.05) is 7.05 Å². The average Bonchev–Trinajstić information content (AvgIpc) is 2.63. The summed E-state index contributed by atoms with van der Waals surface area (Å²) in [6.07, 6.45) is 11.1. The number of aromatic nitrogens is 3. The molecule has 0 amide bonds. The molecule has 2 unspecified atom stereocenters. The average molecular weight is 250 g/mol. The van der Waals surface area contributed by atoms with Gasteiger partial charge in [-0.3, -0.25) is 4.68 Å². The van der Waals surface area contributed by atoms with Crippen LogP contribution in [0.5, 0.6) is 0 Å². The maximum atomic E-state index is 4.22. The predicted molar refractivity (Wildman–Crippen MR) is 73.4 cm³/mol. The summed E-state index contributed by atoms with van der Waals surface area (Å²) in [5.41, 5.74) is 1.15. The van der Waals surface area contributed by atoms with Gasteiger partial charge in [-0.25, -0.2) is 0 Å². The van der Waals surface area contributed by atoms with Crippen molar-refractivity contribution < 1.29 is 0 Å². The van der Waals surface area contributed by atoms with Crippen LogP contribution in [-0.4, -0.2) is 27.6 Å². The minimum Gasteiger partial charge on any atom is -0.314 e. The molecule has 1 fully saturated rings. The maximum Gasteiger partial charge on any atom is 0.0829 e. The van der Waals surface area contributed by atoms with E-state index in [1.165, 1.54) is 38.5 Å². The second-order valence-electron chi connectivity index (χ2n) is 5.62. The van der Waals surface area contributed by atoms with Crippen LogP contribution < -0.4 is 5.32 Å². The third-order valence-corrected chi connectivity index (χ3v) is 3.86. The molecule has 1 heterocycles. The van der Waals surface area contributed by atoms with Crippen molar-refractivity contribution in [1.82, 2.24) is 20.3 Å². The molecule has 18 heavy (non-hydrogen) atoms. The van der Waals surface area contributed by atoms with Crippen LogP contribution in [0.3, 0.4) is 0 Å². The minimum absolute atomic E-state index is 0.717. The highest BCUT2D eigenvalue weighted by molar-refractivity contribution is 4.95. The number of hydrogen-bond donors (Lipinski definition) is 1. The van der Waals surface area contributed by atoms with Crippen LogP contribution in [0.4, 0.5) is 0 Å². The monoisotopic (exact) mass is 250 g/mol. The van der Waals surface area contributed by atoms with Gasteiger partial charge in [-0.15, -0.1) is 5.10 Å². The number of rotatable bonds is 5. The second-order valence-corrected chi connectivity index (χ2v) is 5.62. The Morgan fingerprint density at radius 1 is 1.39 bits per heavy atom. The Bertz CT molecular complexity index is 347. The van der Waals surface area contributed by atoms with Gasteiger partial charge >= 0.3 is 0 Å². The SMILES string of the molecule is CCCNC1CCCCC(Cc2cn(C)nn2)C1. The number of nitrogens with zero attached hydrogens (tertiary/aromatic N) is 3. The molecule has 0 aromatic carbocycles. The van der Waals surface area contributed by atoms with Gasteiger partial charge in [-0.1, -0.05) is 31.4 Å². The molecule has 1 aliphatic carbocycles. The zero-order valence-corrected chi connectivity index (χ0v) is 11.7. The number of hydrogen-bond acceptors (Lipinski definition) is 3. The fraction of sp³-hybridized carbons (Fsp3) is 0.857. The summed E-state index contributed by atoms with van der Waals surface area (Å²) in [5.74, 6) is 0.776. The van der Waals surface area contributed by atoms with Crippen molar-refractivity contribution >= 4 is 0 Å². The van der Waals surface area contributed by atoms with E-state index in [2.05, 4.69) is 28.7 Å². The summed E-state index contributed by atoms with van der Waals surface area (Å²) in [4.78, 5) is 0. The predicted octanol–water partition coefficient (Wildman–Crippen LogP) is 2.31. The Balaban J connectivity index is 1.86. The van der Waals surface area contributed by atoms with Gasteiger partial charge in [-0.05, 0) is 38.1 Å². The molecular weight excluding hydrogens is 224 g/mol. The maximum absolute atomic E-state index is 4.22. The normalized spacial score (nSPS) is 25.0. The second kappa shape index (κ2) is 6.88. The van der Waals surface area contributed by atoms with Gasteiger partial charge < -0.3 is 5.32 Å². The van der Waals surface area contributed by atoms with Crippen molar-refractivity contribution in [2.75, 3.05) is 6.54 Å². The van der Waals surface area contributed by atoms with Crippen molar-refractivity contribution in [3.05, 3.63) is 11.9 Å². The lowest BCUT2D eigenvalue weighted by Crippen LogP contribution is -2.31. The van der Waals surface area contributed by atoms with E-state index in [9.17, 15) is 0 Å². The first-order chi connectivity index (χ1) is 8.78. The first kappa shape index (κ1) is 13.5. The topological polar surface area (TPSA) is 42.7 Å². The Labute approximate surface area is 110 Å². The molecule has 2 atom stereocenters. The van der Waals surface area contributed by atoms with Gasteiger partial charge in [0.15, 0.2) is 0 Å². The molecule has 0 saturated heterocycles. The molecule has 4 nitrogen and oxygen atoms in total. The first-order valence-corrected chi connectivity index (χ1v) is 7.36. The third-order valence-electron chi connectivity index (χ3n) is 3.86. The summed E-state index contributed by atoms with van der Waals surface area (Å²) >= 11 is 0. The van der Waals surface area contributed by atoms with Gasteiger partial charge in [0, 0.05) is 19.3 Å². The van der Waals surface area contributed by atoms with E-state index >= 15 is 0 Å². The highest BCUT2D eigenvalue weighted by Crippen LogP contribution is 2.25. The van der Waals surface area contributed by atoms with Crippen molar-refractivity contribution in [1.29, 1.82) is 0 Å². The molecule has 0 bridgehead atoms. The van der Waals surface area contributed by atoms with Crippen molar-refractivity contribution in [2.45, 2.75) is 57.9 Å². The van der Waals surface area contributed by atoms with Crippen molar-refractivity contribution in [2.24, 2.45) is 13.0 Å². The molecule has 0 spiro atoms. The molecule has 102 valence electrons. The van der Waals surface area contributed by atoms with E-state index < -0.39 is 0 Å². The van der Waals surface area contributed by atoms with Crippen LogP contribution in [0.15, 0.2) is 6.20 Å². The van der Waals surface area contributed by atoms with Crippen LogP contribution in [0.1, 0.15) is 51.1 Å². The molecule has 1 N–H and O–H groups in total. The minimum atomic E-state index is 0.717. The standard InChI is InChI=1S/C14H26N4/c1-3-8-15-13-7-5-4-6-12(9-13)10-14-11-18(2)17-16-14/h11-13,15H,3-10H2,1-2H3. The van der Waals surface area contributed by atoms with Gasteiger partial charge in [0.2, 0.25) is 0 Å². The first-order valence-electron chi connectivity index (χ1n) is 7.36. The highest BCUT2D eigenvalue weighted by atomic mass is 15.4. The van der Waals surface area contributed by atoms with E-state index in [4.69, 9.17) is 0 Å². The molecule has 1 saturated carbocycles. The van der Waals surface area contributed by atoms with E-state index in [0.29, 0.717) is 6.04 Å². The lowest BCUT2D eigenvalue weighted by atomic mass is 9.93. The molecule has 1 aromatic heterocycles. The molecule has 1 aromatic rings. The van der Waals surface area contributed by atoms with Crippen LogP contribution in [-0.2, 0) is 13.5 Å². The lowest BCUT2D eigenvalue weighted by Gasteiger charge is -2.20. The van der Waals surface area contributed by atoms with Crippen molar-refractivity contribution in [3.8, 4) is 0 Å². The van der Waals surface area contributed by atoms with Gasteiger partial charge in [0.1, 0.15) is 0 Å². The molecule has 4 heteroatoms. The highest BCUT2D eigenvalue weighted by Gasteiger charge is 2.20. The summed E-state index contributed by atoms with van der Waals surface area (Å²) in [6, 6.07) is 0.717. The van der Waals surface area contributed by atoms with Gasteiger partial charge in [0.05, 0.1) is 5.69 Å². The van der Waals surface area contributed by atoms with E-state index in [-0.39, 0.29) is 0 Å². The quantitative estimate of drug-likeness (QED) is 0.815. The lowest BCUT2D eigenvalue weighted by molar-refractivity contribution is 0.382. The Hall–Kier alpha value is -0.900. The third kappa shape index (κ3) is 4.09. The van der Waals surface area contributed by atoms with Crippen LogP contribution in [0.2, 0.25) is 0 Å². The Morgan fingerprint density at radius 3 is 2.94 bits per heavy atom. The molecule has 2 rings (SSSR count). The number of nitrogens with one attached hydrogen (secondary N) is 1. The van der Waals surface area contributed by atoms with Crippen LogP contribution in [0, 0.1) is 5.92 Å². The fourth-order valence-electron chi connectivity index (χ4n) is 2.97. The zero-order chi connectivity index (χ0) is 12.8. The van der Waals surface area contributed by atoms with Crippen LogP contribution in [0.25, 0.3) is 0 Å².